The topological polar surface area (TPSA) is 38.8 Å². The van der Waals surface area contributed by atoms with Gasteiger partial charge in [0.2, 0.25) is 0 Å². The number of ether oxygens (including phenoxy) is 2. The number of hydrogen-bond acceptors (Lipinski definition) is 3. The number of benzene rings is 3. The summed E-state index contributed by atoms with van der Waals surface area (Å²) in [5.74, 6) is 0.0748. The SMILES string of the molecule is O=C(OCC1c2ccccc2-c2ccccc21)N1C2C=C(c3ccc4c(c3)CC4)CC1COC2. The van der Waals surface area contributed by atoms with Crippen LogP contribution in [0.2, 0.25) is 0 Å². The molecule has 1 amide bonds. The standard InChI is InChI=1S/C30H27NO3/c32-30(34-18-29-27-7-3-1-5-25(27)26-6-2-4-8-28(26)29)31-23-14-22(15-24(31)17-33-16-23)21-12-10-19-9-11-20(19)13-21/h1-8,10,12-14,23-24,29H,9,11,15-18H2. The van der Waals surface area contributed by atoms with Gasteiger partial charge in [-0.15, -0.1) is 0 Å². The van der Waals surface area contributed by atoms with E-state index in [1.54, 1.807) is 0 Å². The van der Waals surface area contributed by atoms with Crippen LogP contribution in [-0.4, -0.2) is 42.9 Å². The Balaban J connectivity index is 1.11. The lowest BCUT2D eigenvalue weighted by atomic mass is 9.83. The summed E-state index contributed by atoms with van der Waals surface area (Å²) in [4.78, 5) is 15.3. The fourth-order valence-corrected chi connectivity index (χ4v) is 6.16. The number of nitrogens with zero attached hydrogens (tertiary/aromatic N) is 1. The van der Waals surface area contributed by atoms with E-state index in [4.69, 9.17) is 9.47 Å². The molecule has 2 heterocycles. The second-order valence-corrected chi connectivity index (χ2v) is 9.85. The first-order chi connectivity index (χ1) is 16.8. The Bertz CT molecular complexity index is 1280. The maximum atomic E-state index is 13.4. The van der Waals surface area contributed by atoms with E-state index in [0.29, 0.717) is 19.8 Å². The monoisotopic (exact) mass is 449 g/mol. The summed E-state index contributed by atoms with van der Waals surface area (Å²) in [5, 5.41) is 0. The number of fused-ring (bicyclic) bond motifs is 6. The summed E-state index contributed by atoms with van der Waals surface area (Å²) in [6.45, 7) is 1.43. The van der Waals surface area contributed by atoms with Crippen LogP contribution in [0.4, 0.5) is 4.79 Å². The fourth-order valence-electron chi connectivity index (χ4n) is 6.16. The third-order valence-corrected chi connectivity index (χ3v) is 7.99. The number of carbonyl (C=O) groups excluding carboxylic acids is 1. The Morgan fingerprint density at radius 2 is 1.65 bits per heavy atom. The average Bonchev–Trinajstić information content (AvgIpc) is 3.16. The molecule has 0 aromatic heterocycles. The van der Waals surface area contributed by atoms with Crippen molar-refractivity contribution in [3.63, 3.8) is 0 Å². The lowest BCUT2D eigenvalue weighted by Gasteiger charge is -2.44. The maximum absolute atomic E-state index is 13.4. The summed E-state index contributed by atoms with van der Waals surface area (Å²) >= 11 is 0. The zero-order valence-corrected chi connectivity index (χ0v) is 19.1. The second-order valence-electron chi connectivity index (χ2n) is 9.85. The van der Waals surface area contributed by atoms with E-state index in [1.807, 2.05) is 4.90 Å². The molecule has 3 aromatic carbocycles. The summed E-state index contributed by atoms with van der Waals surface area (Å²) in [7, 11) is 0. The Labute approximate surface area is 199 Å². The number of hydrogen-bond donors (Lipinski definition) is 0. The molecule has 2 bridgehead atoms. The van der Waals surface area contributed by atoms with E-state index < -0.39 is 0 Å². The quantitative estimate of drug-likeness (QED) is 0.523. The Morgan fingerprint density at radius 3 is 2.32 bits per heavy atom. The highest BCUT2D eigenvalue weighted by Gasteiger charge is 2.40. The predicted octanol–water partition coefficient (Wildman–Crippen LogP) is 5.59. The largest absolute Gasteiger partial charge is 0.448 e. The molecule has 0 radical (unpaired) electrons. The first-order valence-corrected chi connectivity index (χ1v) is 12.3. The van der Waals surface area contributed by atoms with Crippen molar-refractivity contribution in [3.05, 3.63) is 101 Å². The Kier molecular flexibility index (Phi) is 4.63. The zero-order chi connectivity index (χ0) is 22.6. The van der Waals surface area contributed by atoms with Crippen LogP contribution in [0, 0.1) is 0 Å². The Morgan fingerprint density at radius 1 is 0.912 bits per heavy atom. The van der Waals surface area contributed by atoms with Crippen LogP contribution >= 0.6 is 0 Å². The van der Waals surface area contributed by atoms with E-state index in [1.165, 1.54) is 57.4 Å². The molecule has 4 aliphatic rings. The molecule has 0 spiro atoms. The smallest absolute Gasteiger partial charge is 0.410 e. The normalized spacial score (nSPS) is 22.2. The van der Waals surface area contributed by atoms with Gasteiger partial charge in [0.05, 0.1) is 25.3 Å². The molecule has 34 heavy (non-hydrogen) atoms. The molecule has 2 atom stereocenters. The van der Waals surface area contributed by atoms with Gasteiger partial charge in [-0.1, -0.05) is 72.8 Å². The lowest BCUT2D eigenvalue weighted by Crippen LogP contribution is -2.56. The van der Waals surface area contributed by atoms with Gasteiger partial charge in [0, 0.05) is 5.92 Å². The summed E-state index contributed by atoms with van der Waals surface area (Å²) in [6.07, 6.45) is 5.17. The van der Waals surface area contributed by atoms with Crippen LogP contribution < -0.4 is 0 Å². The summed E-state index contributed by atoms with van der Waals surface area (Å²) < 4.78 is 11.8. The number of aryl methyl sites for hydroxylation is 2. The molecule has 1 fully saturated rings. The van der Waals surface area contributed by atoms with Gasteiger partial charge in [0.25, 0.3) is 0 Å². The third-order valence-electron chi connectivity index (χ3n) is 7.99. The van der Waals surface area contributed by atoms with E-state index in [9.17, 15) is 4.79 Å². The molecule has 1 saturated heterocycles. The average molecular weight is 450 g/mol. The van der Waals surface area contributed by atoms with Crippen LogP contribution in [0.3, 0.4) is 0 Å². The fraction of sp³-hybridized carbons (Fsp3) is 0.300. The van der Waals surface area contributed by atoms with Crippen LogP contribution in [-0.2, 0) is 22.3 Å². The molecule has 0 N–H and O–H groups in total. The van der Waals surface area contributed by atoms with Crippen LogP contribution in [0.15, 0.2) is 72.8 Å². The second kappa shape index (κ2) is 7.85. The van der Waals surface area contributed by atoms with Crippen molar-refractivity contribution >= 4 is 11.7 Å². The van der Waals surface area contributed by atoms with Crippen LogP contribution in [0.1, 0.15) is 40.2 Å². The van der Waals surface area contributed by atoms with Gasteiger partial charge >= 0.3 is 6.09 Å². The third kappa shape index (κ3) is 3.13. The van der Waals surface area contributed by atoms with Crippen molar-refractivity contribution in [2.75, 3.05) is 19.8 Å². The first-order valence-electron chi connectivity index (χ1n) is 12.3. The minimum Gasteiger partial charge on any atom is -0.448 e. The van der Waals surface area contributed by atoms with Gasteiger partial charge in [-0.25, -0.2) is 4.79 Å². The first kappa shape index (κ1) is 20.0. The number of rotatable bonds is 3. The zero-order valence-electron chi connectivity index (χ0n) is 19.1. The van der Waals surface area contributed by atoms with E-state index >= 15 is 0 Å². The molecule has 2 unspecified atom stereocenters. The number of amides is 1. The number of carbonyl (C=O) groups is 1. The van der Waals surface area contributed by atoms with Crippen LogP contribution in [0.5, 0.6) is 0 Å². The highest BCUT2D eigenvalue weighted by molar-refractivity contribution is 5.79. The minimum absolute atomic E-state index is 0.0143. The van der Waals surface area contributed by atoms with Gasteiger partial charge < -0.3 is 9.47 Å². The van der Waals surface area contributed by atoms with Crippen LogP contribution in [0.25, 0.3) is 16.7 Å². The molecular weight excluding hydrogens is 422 g/mol. The van der Waals surface area contributed by atoms with Gasteiger partial charge in [0.15, 0.2) is 0 Å². The summed E-state index contributed by atoms with van der Waals surface area (Å²) in [6, 6.07) is 23.7. The van der Waals surface area contributed by atoms with E-state index in [2.05, 4.69) is 72.8 Å². The predicted molar refractivity (Wildman–Crippen MR) is 132 cm³/mol. The number of morpholine rings is 1. The van der Waals surface area contributed by atoms with E-state index in [0.717, 1.165) is 6.42 Å². The summed E-state index contributed by atoms with van der Waals surface area (Å²) in [5.41, 5.74) is 10.5. The highest BCUT2D eigenvalue weighted by Crippen LogP contribution is 2.44. The Hall–Kier alpha value is -3.37. The van der Waals surface area contributed by atoms with Crippen molar-refractivity contribution in [1.82, 2.24) is 4.90 Å². The molecule has 7 rings (SSSR count). The van der Waals surface area contributed by atoms with Crippen molar-refractivity contribution in [2.24, 2.45) is 0 Å². The van der Waals surface area contributed by atoms with Crippen molar-refractivity contribution in [2.45, 2.75) is 37.3 Å². The van der Waals surface area contributed by atoms with Gasteiger partial charge in [-0.2, -0.15) is 0 Å². The molecule has 4 heteroatoms. The van der Waals surface area contributed by atoms with Gasteiger partial charge in [-0.05, 0) is 63.8 Å². The molecule has 2 aliphatic carbocycles. The van der Waals surface area contributed by atoms with Gasteiger partial charge in [-0.3, -0.25) is 4.90 Å². The van der Waals surface area contributed by atoms with Gasteiger partial charge in [0.1, 0.15) is 6.61 Å². The molecule has 3 aromatic rings. The minimum atomic E-state index is -0.229. The van der Waals surface area contributed by atoms with Crippen molar-refractivity contribution in [1.29, 1.82) is 0 Å². The van der Waals surface area contributed by atoms with Crippen molar-refractivity contribution in [3.8, 4) is 11.1 Å². The molecule has 0 saturated carbocycles. The molecular formula is C30H27NO3. The maximum Gasteiger partial charge on any atom is 0.410 e. The van der Waals surface area contributed by atoms with E-state index in [-0.39, 0.29) is 24.1 Å². The molecule has 170 valence electrons. The molecule has 4 nitrogen and oxygen atoms in total. The highest BCUT2D eigenvalue weighted by atomic mass is 16.6. The molecule has 2 aliphatic heterocycles. The van der Waals surface area contributed by atoms with Crippen molar-refractivity contribution < 1.29 is 14.3 Å². The lowest BCUT2D eigenvalue weighted by molar-refractivity contribution is -0.0331.